The molecule has 0 aliphatic carbocycles. The average molecular weight is 232 g/mol. The molecule has 2 N–H and O–H groups in total. The van der Waals surface area contributed by atoms with E-state index in [1.807, 2.05) is 6.92 Å². The van der Waals surface area contributed by atoms with Crippen molar-refractivity contribution in [3.8, 4) is 0 Å². The molecule has 2 unspecified atom stereocenters. The van der Waals surface area contributed by atoms with Crippen LogP contribution in [-0.4, -0.2) is 36.5 Å². The molecule has 2 atom stereocenters. The van der Waals surface area contributed by atoms with Gasteiger partial charge in [-0.1, -0.05) is 13.8 Å². The fourth-order valence-corrected chi connectivity index (χ4v) is 1.85. The smallest absolute Gasteiger partial charge is 0.236 e. The number of carbonyl (C=O) groups is 1. The fraction of sp³-hybridized carbons (Fsp3) is 0.909. The molecule has 0 aromatic heterocycles. The third-order valence-corrected chi connectivity index (χ3v) is 2.86. The van der Waals surface area contributed by atoms with Gasteiger partial charge in [0.2, 0.25) is 5.91 Å². The van der Waals surface area contributed by atoms with Crippen molar-refractivity contribution in [1.29, 1.82) is 0 Å². The van der Waals surface area contributed by atoms with Gasteiger partial charge in [0.15, 0.2) is 0 Å². The molecule has 0 spiro atoms. The third-order valence-electron chi connectivity index (χ3n) is 2.03. The molecule has 15 heavy (non-hydrogen) atoms. The van der Waals surface area contributed by atoms with Crippen molar-refractivity contribution in [2.75, 3.05) is 18.6 Å². The van der Waals surface area contributed by atoms with Crippen LogP contribution in [0.25, 0.3) is 0 Å². The summed E-state index contributed by atoms with van der Waals surface area (Å²) in [6.07, 6.45) is 2.07. The van der Waals surface area contributed by atoms with Crippen molar-refractivity contribution in [3.63, 3.8) is 0 Å². The Kier molecular flexibility index (Phi) is 7.88. The summed E-state index contributed by atoms with van der Waals surface area (Å²) in [7, 11) is 0. The summed E-state index contributed by atoms with van der Waals surface area (Å²) in [4.78, 5) is 11.6. The van der Waals surface area contributed by atoms with Crippen LogP contribution in [0.1, 0.15) is 27.7 Å². The van der Waals surface area contributed by atoms with E-state index in [0.29, 0.717) is 12.0 Å². The van der Waals surface area contributed by atoms with Gasteiger partial charge in [-0.15, -0.1) is 0 Å². The Hall–Kier alpha value is -0.220. The van der Waals surface area contributed by atoms with Gasteiger partial charge in [0, 0.05) is 18.3 Å². The van der Waals surface area contributed by atoms with Crippen molar-refractivity contribution in [2.24, 2.45) is 5.92 Å². The highest BCUT2D eigenvalue weighted by atomic mass is 32.2. The van der Waals surface area contributed by atoms with Gasteiger partial charge in [0.1, 0.15) is 0 Å². The summed E-state index contributed by atoms with van der Waals surface area (Å²) >= 11 is 1.79. The molecule has 0 radical (unpaired) electrons. The van der Waals surface area contributed by atoms with E-state index in [-0.39, 0.29) is 11.9 Å². The molecule has 0 bridgehead atoms. The molecular formula is C11H24N2OS. The lowest BCUT2D eigenvalue weighted by Gasteiger charge is -2.19. The van der Waals surface area contributed by atoms with E-state index in [1.165, 1.54) is 0 Å². The second-order valence-electron chi connectivity index (χ2n) is 4.38. The average Bonchev–Trinajstić information content (AvgIpc) is 2.14. The van der Waals surface area contributed by atoms with E-state index in [1.54, 1.807) is 11.8 Å². The van der Waals surface area contributed by atoms with Crippen molar-refractivity contribution >= 4 is 17.7 Å². The number of amides is 1. The molecule has 0 fully saturated rings. The zero-order valence-electron chi connectivity index (χ0n) is 10.5. The molecular weight excluding hydrogens is 208 g/mol. The van der Waals surface area contributed by atoms with E-state index < -0.39 is 0 Å². The van der Waals surface area contributed by atoms with Gasteiger partial charge in [-0.05, 0) is 26.0 Å². The van der Waals surface area contributed by atoms with Gasteiger partial charge < -0.3 is 10.6 Å². The van der Waals surface area contributed by atoms with Crippen molar-refractivity contribution in [2.45, 2.75) is 39.8 Å². The second kappa shape index (κ2) is 7.99. The lowest BCUT2D eigenvalue weighted by molar-refractivity contribution is -0.123. The minimum absolute atomic E-state index is 0.0941. The number of thioether (sulfide) groups is 1. The Balaban J connectivity index is 3.78. The summed E-state index contributed by atoms with van der Waals surface area (Å²) in [6.45, 7) is 8.94. The molecule has 0 aromatic rings. The van der Waals surface area contributed by atoms with E-state index in [4.69, 9.17) is 0 Å². The Morgan fingerprint density at radius 1 is 1.27 bits per heavy atom. The normalized spacial score (nSPS) is 15.1. The van der Waals surface area contributed by atoms with Crippen LogP contribution in [-0.2, 0) is 4.79 Å². The van der Waals surface area contributed by atoms with Crippen molar-refractivity contribution in [1.82, 2.24) is 10.6 Å². The van der Waals surface area contributed by atoms with Crippen molar-refractivity contribution < 1.29 is 4.79 Å². The van der Waals surface area contributed by atoms with Gasteiger partial charge >= 0.3 is 0 Å². The highest BCUT2D eigenvalue weighted by molar-refractivity contribution is 7.98. The number of hydrogen-bond acceptors (Lipinski definition) is 3. The highest BCUT2D eigenvalue weighted by Gasteiger charge is 2.14. The molecule has 4 heteroatoms. The van der Waals surface area contributed by atoms with E-state index >= 15 is 0 Å². The standard InChI is InChI=1S/C11H24N2OS/c1-8(2)6-12-11(14)10(4)13-9(3)7-15-5/h8-10,13H,6-7H2,1-5H3,(H,12,14). The second-order valence-corrected chi connectivity index (χ2v) is 5.29. The number of rotatable bonds is 7. The Bertz CT molecular complexity index is 185. The number of hydrogen-bond donors (Lipinski definition) is 2. The van der Waals surface area contributed by atoms with Gasteiger partial charge in [-0.2, -0.15) is 11.8 Å². The SMILES string of the molecule is CSCC(C)NC(C)C(=O)NCC(C)C. The predicted octanol–water partition coefficient (Wildman–Crippen LogP) is 1.49. The molecule has 0 aliphatic heterocycles. The molecule has 90 valence electrons. The lowest BCUT2D eigenvalue weighted by atomic mass is 10.2. The van der Waals surface area contributed by atoms with E-state index in [0.717, 1.165) is 12.3 Å². The summed E-state index contributed by atoms with van der Waals surface area (Å²) < 4.78 is 0. The first-order valence-corrected chi connectivity index (χ1v) is 6.89. The van der Waals surface area contributed by atoms with E-state index in [9.17, 15) is 4.79 Å². The maximum atomic E-state index is 11.6. The predicted molar refractivity (Wildman–Crippen MR) is 68.3 cm³/mol. The highest BCUT2D eigenvalue weighted by Crippen LogP contribution is 1.98. The van der Waals surface area contributed by atoms with Crippen LogP contribution >= 0.6 is 11.8 Å². The Morgan fingerprint density at radius 3 is 2.33 bits per heavy atom. The van der Waals surface area contributed by atoms with Gasteiger partial charge in [0.25, 0.3) is 0 Å². The number of carbonyl (C=O) groups excluding carboxylic acids is 1. The number of nitrogens with one attached hydrogen (secondary N) is 2. The minimum Gasteiger partial charge on any atom is -0.354 e. The first-order chi connectivity index (χ1) is 6.97. The monoisotopic (exact) mass is 232 g/mol. The van der Waals surface area contributed by atoms with Gasteiger partial charge in [-0.25, -0.2) is 0 Å². The molecule has 0 heterocycles. The van der Waals surface area contributed by atoms with Crippen LogP contribution in [0.5, 0.6) is 0 Å². The van der Waals surface area contributed by atoms with Crippen LogP contribution in [0, 0.1) is 5.92 Å². The maximum absolute atomic E-state index is 11.6. The molecule has 0 rings (SSSR count). The van der Waals surface area contributed by atoms with Crippen LogP contribution < -0.4 is 10.6 Å². The Morgan fingerprint density at radius 2 is 1.87 bits per heavy atom. The first-order valence-electron chi connectivity index (χ1n) is 5.50. The summed E-state index contributed by atoms with van der Waals surface area (Å²) in [6, 6.07) is 0.269. The van der Waals surface area contributed by atoms with E-state index in [2.05, 4.69) is 37.7 Å². The summed E-state index contributed by atoms with van der Waals surface area (Å²) in [5.41, 5.74) is 0. The summed E-state index contributed by atoms with van der Waals surface area (Å²) in [5.74, 6) is 1.63. The Labute approximate surface area is 97.8 Å². The van der Waals surface area contributed by atoms with Crippen LogP contribution in [0.4, 0.5) is 0 Å². The first kappa shape index (κ1) is 14.8. The fourth-order valence-electron chi connectivity index (χ4n) is 1.26. The van der Waals surface area contributed by atoms with Crippen LogP contribution in [0.3, 0.4) is 0 Å². The molecule has 1 amide bonds. The third kappa shape index (κ3) is 7.68. The molecule has 0 aliphatic rings. The summed E-state index contributed by atoms with van der Waals surface area (Å²) in [5, 5.41) is 6.19. The zero-order chi connectivity index (χ0) is 11.8. The lowest BCUT2D eigenvalue weighted by Crippen LogP contribution is -2.47. The van der Waals surface area contributed by atoms with Crippen LogP contribution in [0.15, 0.2) is 0 Å². The molecule has 0 saturated carbocycles. The largest absolute Gasteiger partial charge is 0.354 e. The molecule has 0 aromatic carbocycles. The van der Waals surface area contributed by atoms with Gasteiger partial charge in [-0.3, -0.25) is 4.79 Å². The quantitative estimate of drug-likeness (QED) is 0.699. The van der Waals surface area contributed by atoms with Crippen molar-refractivity contribution in [3.05, 3.63) is 0 Å². The van der Waals surface area contributed by atoms with Gasteiger partial charge in [0.05, 0.1) is 6.04 Å². The minimum atomic E-state index is -0.106. The zero-order valence-corrected chi connectivity index (χ0v) is 11.3. The molecule has 0 saturated heterocycles. The van der Waals surface area contributed by atoms with Crippen LogP contribution in [0.2, 0.25) is 0 Å². The topological polar surface area (TPSA) is 41.1 Å². The molecule has 3 nitrogen and oxygen atoms in total. The maximum Gasteiger partial charge on any atom is 0.236 e.